The van der Waals surface area contributed by atoms with Crippen LogP contribution in [-0.4, -0.2) is 18.5 Å². The molecule has 6 heteroatoms. The average molecular weight is 341 g/mol. The molecule has 1 N–H and O–H groups in total. The van der Waals surface area contributed by atoms with Crippen LogP contribution < -0.4 is 5.32 Å². The molecule has 0 radical (unpaired) electrons. The number of carbonyl (C=O) groups excluding carboxylic acids is 2. The summed E-state index contributed by atoms with van der Waals surface area (Å²) in [5.41, 5.74) is 1.34. The molecule has 0 aliphatic carbocycles. The highest BCUT2D eigenvalue weighted by Gasteiger charge is 2.20. The van der Waals surface area contributed by atoms with Gasteiger partial charge in [-0.15, -0.1) is 0 Å². The fourth-order valence-corrected chi connectivity index (χ4v) is 2.55. The summed E-state index contributed by atoms with van der Waals surface area (Å²) in [5.74, 6) is -1.49. The maximum absolute atomic E-state index is 13.8. The number of carbonyl (C=O) groups is 2. The lowest BCUT2D eigenvalue weighted by atomic mass is 10.1. The molecule has 0 bridgehead atoms. The first kappa shape index (κ1) is 16.7. The number of rotatable bonds is 4. The topological polar surface area (TPSA) is 68.5 Å². The number of nitrogens with one attached hydrogen (secondary N) is 1. The smallest absolute Gasteiger partial charge is 0.338 e. The van der Waals surface area contributed by atoms with Crippen LogP contribution in [0, 0.1) is 12.7 Å². The number of fused-ring (bicyclic) bond motifs is 1. The Morgan fingerprint density at radius 2 is 1.96 bits per heavy atom. The standard InChI is InChI=1S/C19H16FNO4/c1-3-24-19(23)12-6-4-7-13(10-12)21-18(22)16-11(2)14-8-5-9-15(20)17(14)25-16/h4-10H,3H2,1-2H3,(H,21,22). The fourth-order valence-electron chi connectivity index (χ4n) is 2.55. The molecule has 1 amide bonds. The van der Waals surface area contributed by atoms with Gasteiger partial charge >= 0.3 is 5.97 Å². The lowest BCUT2D eigenvalue weighted by molar-refractivity contribution is 0.0526. The molecule has 0 saturated heterocycles. The lowest BCUT2D eigenvalue weighted by Crippen LogP contribution is -2.13. The summed E-state index contributed by atoms with van der Waals surface area (Å²) in [5, 5.41) is 3.20. The number of esters is 1. The van der Waals surface area contributed by atoms with E-state index < -0.39 is 17.7 Å². The van der Waals surface area contributed by atoms with Gasteiger partial charge in [0.1, 0.15) is 0 Å². The van der Waals surface area contributed by atoms with Crippen molar-refractivity contribution in [1.82, 2.24) is 0 Å². The maximum atomic E-state index is 13.8. The Bertz CT molecular complexity index is 961. The van der Waals surface area contributed by atoms with Gasteiger partial charge in [0, 0.05) is 16.6 Å². The van der Waals surface area contributed by atoms with E-state index in [2.05, 4.69) is 5.32 Å². The molecule has 3 aromatic rings. The SMILES string of the molecule is CCOC(=O)c1cccc(NC(=O)c2oc3c(F)cccc3c2C)c1. The van der Waals surface area contributed by atoms with E-state index in [0.29, 0.717) is 22.2 Å². The molecule has 1 heterocycles. The highest BCUT2D eigenvalue weighted by Crippen LogP contribution is 2.28. The van der Waals surface area contributed by atoms with E-state index in [4.69, 9.17) is 9.15 Å². The third kappa shape index (κ3) is 3.24. The van der Waals surface area contributed by atoms with E-state index in [-0.39, 0.29) is 18.0 Å². The van der Waals surface area contributed by atoms with Gasteiger partial charge in [0.15, 0.2) is 17.2 Å². The summed E-state index contributed by atoms with van der Waals surface area (Å²) in [6.45, 7) is 3.67. The fraction of sp³-hybridized carbons (Fsp3) is 0.158. The Hall–Kier alpha value is -3.15. The lowest BCUT2D eigenvalue weighted by Gasteiger charge is -2.06. The summed E-state index contributed by atoms with van der Waals surface area (Å²) in [4.78, 5) is 24.2. The molecule has 0 fully saturated rings. The van der Waals surface area contributed by atoms with Gasteiger partial charge in [-0.3, -0.25) is 4.79 Å². The minimum absolute atomic E-state index is 0.0293. The number of benzene rings is 2. The van der Waals surface area contributed by atoms with E-state index in [1.165, 1.54) is 12.1 Å². The number of hydrogen-bond donors (Lipinski definition) is 1. The Morgan fingerprint density at radius 1 is 1.20 bits per heavy atom. The molecule has 0 saturated carbocycles. The van der Waals surface area contributed by atoms with E-state index >= 15 is 0 Å². The highest BCUT2D eigenvalue weighted by atomic mass is 19.1. The number of amides is 1. The quantitative estimate of drug-likeness (QED) is 0.718. The van der Waals surface area contributed by atoms with Crippen LogP contribution in [0.5, 0.6) is 0 Å². The molecule has 3 rings (SSSR count). The Morgan fingerprint density at radius 3 is 2.68 bits per heavy atom. The normalized spacial score (nSPS) is 10.7. The average Bonchev–Trinajstić information content (AvgIpc) is 2.94. The number of hydrogen-bond acceptors (Lipinski definition) is 4. The zero-order chi connectivity index (χ0) is 18.0. The van der Waals surface area contributed by atoms with Crippen LogP contribution in [0.2, 0.25) is 0 Å². The molecule has 25 heavy (non-hydrogen) atoms. The van der Waals surface area contributed by atoms with Crippen molar-refractivity contribution in [2.45, 2.75) is 13.8 Å². The molecule has 2 aromatic carbocycles. The Balaban J connectivity index is 1.88. The van der Waals surface area contributed by atoms with Gasteiger partial charge in [0.25, 0.3) is 5.91 Å². The van der Waals surface area contributed by atoms with E-state index in [0.717, 1.165) is 0 Å². The van der Waals surface area contributed by atoms with Gasteiger partial charge in [-0.2, -0.15) is 0 Å². The molecule has 1 aromatic heterocycles. The predicted octanol–water partition coefficient (Wildman–Crippen LogP) is 4.31. The molecule has 0 atom stereocenters. The van der Waals surface area contributed by atoms with Crippen LogP contribution in [0.25, 0.3) is 11.0 Å². The van der Waals surface area contributed by atoms with Gasteiger partial charge in [0.05, 0.1) is 12.2 Å². The van der Waals surface area contributed by atoms with Crippen molar-refractivity contribution in [3.63, 3.8) is 0 Å². The van der Waals surface area contributed by atoms with Crippen molar-refractivity contribution in [3.05, 3.63) is 65.2 Å². The van der Waals surface area contributed by atoms with Crippen molar-refractivity contribution < 1.29 is 23.1 Å². The minimum Gasteiger partial charge on any atom is -0.462 e. The molecule has 5 nitrogen and oxygen atoms in total. The van der Waals surface area contributed by atoms with Gasteiger partial charge < -0.3 is 14.5 Å². The molecular weight excluding hydrogens is 325 g/mol. The summed E-state index contributed by atoms with van der Waals surface area (Å²) < 4.78 is 24.1. The first-order chi connectivity index (χ1) is 12.0. The molecule has 0 aliphatic heterocycles. The number of ether oxygens (including phenoxy) is 1. The number of para-hydroxylation sites is 1. The zero-order valence-corrected chi connectivity index (χ0v) is 13.8. The van der Waals surface area contributed by atoms with Crippen molar-refractivity contribution >= 4 is 28.5 Å². The summed E-state index contributed by atoms with van der Waals surface area (Å²) in [7, 11) is 0. The van der Waals surface area contributed by atoms with E-state index in [1.807, 2.05) is 0 Å². The van der Waals surface area contributed by atoms with Gasteiger partial charge in [-0.05, 0) is 38.1 Å². The van der Waals surface area contributed by atoms with Crippen LogP contribution >= 0.6 is 0 Å². The van der Waals surface area contributed by atoms with Crippen LogP contribution in [-0.2, 0) is 4.74 Å². The van der Waals surface area contributed by atoms with Crippen LogP contribution in [0.1, 0.15) is 33.4 Å². The maximum Gasteiger partial charge on any atom is 0.338 e. The first-order valence-corrected chi connectivity index (χ1v) is 7.77. The summed E-state index contributed by atoms with van der Waals surface area (Å²) in [6.07, 6.45) is 0. The second-order valence-corrected chi connectivity index (χ2v) is 5.43. The third-order valence-electron chi connectivity index (χ3n) is 3.75. The summed E-state index contributed by atoms with van der Waals surface area (Å²) >= 11 is 0. The Labute approximate surface area is 143 Å². The van der Waals surface area contributed by atoms with Crippen LogP contribution in [0.4, 0.5) is 10.1 Å². The second-order valence-electron chi connectivity index (χ2n) is 5.43. The minimum atomic E-state index is -0.524. The molecular formula is C19H16FNO4. The molecule has 128 valence electrons. The first-order valence-electron chi connectivity index (χ1n) is 7.77. The van der Waals surface area contributed by atoms with Gasteiger partial charge in [-0.1, -0.05) is 18.2 Å². The zero-order valence-electron chi connectivity index (χ0n) is 13.8. The number of halogens is 1. The second kappa shape index (κ2) is 6.76. The number of furan rings is 1. The van der Waals surface area contributed by atoms with E-state index in [9.17, 15) is 14.0 Å². The number of aryl methyl sites for hydroxylation is 1. The van der Waals surface area contributed by atoms with Gasteiger partial charge in [-0.25, -0.2) is 9.18 Å². The monoisotopic (exact) mass is 341 g/mol. The molecule has 0 aliphatic rings. The van der Waals surface area contributed by atoms with Crippen LogP contribution in [0.3, 0.4) is 0 Å². The van der Waals surface area contributed by atoms with Crippen molar-refractivity contribution in [3.8, 4) is 0 Å². The molecule has 0 spiro atoms. The van der Waals surface area contributed by atoms with Crippen molar-refractivity contribution in [2.24, 2.45) is 0 Å². The van der Waals surface area contributed by atoms with Crippen molar-refractivity contribution in [1.29, 1.82) is 0 Å². The third-order valence-corrected chi connectivity index (χ3v) is 3.75. The predicted molar refractivity (Wildman–Crippen MR) is 91.3 cm³/mol. The largest absolute Gasteiger partial charge is 0.462 e. The summed E-state index contributed by atoms with van der Waals surface area (Å²) in [6, 6.07) is 10.9. The molecule has 0 unspecified atom stereocenters. The Kier molecular flexibility index (Phi) is 4.52. The van der Waals surface area contributed by atoms with Gasteiger partial charge in [0.2, 0.25) is 0 Å². The van der Waals surface area contributed by atoms with Crippen LogP contribution in [0.15, 0.2) is 46.9 Å². The highest BCUT2D eigenvalue weighted by molar-refractivity contribution is 6.06. The van der Waals surface area contributed by atoms with E-state index in [1.54, 1.807) is 44.2 Å². The number of anilines is 1. The van der Waals surface area contributed by atoms with Crippen molar-refractivity contribution in [2.75, 3.05) is 11.9 Å².